The zero-order valence-corrected chi connectivity index (χ0v) is 11.5. The van der Waals surface area contributed by atoms with E-state index >= 15 is 0 Å². The van der Waals surface area contributed by atoms with Crippen LogP contribution in [-0.2, 0) is 9.05 Å². The van der Waals surface area contributed by atoms with Crippen LogP contribution in [0.2, 0.25) is 0 Å². The lowest BCUT2D eigenvalue weighted by atomic mass is 10.3. The molecule has 1 rings (SSSR count). The zero-order chi connectivity index (χ0) is 11.8. The molecule has 1 aromatic heterocycles. The molecule has 0 fully saturated rings. The molecule has 0 atom stereocenters. The predicted octanol–water partition coefficient (Wildman–Crippen LogP) is 3.47. The van der Waals surface area contributed by atoms with Crippen molar-refractivity contribution in [1.82, 2.24) is 4.98 Å². The Labute approximate surface area is 106 Å². The van der Waals surface area contributed by atoms with E-state index in [1.54, 1.807) is 0 Å². The molecule has 1 aromatic rings. The number of hydrogen-bond donors (Lipinski definition) is 0. The number of halogens is 5. The fraction of sp³-hybridized carbons (Fsp3) is 0.167. The Kier molecular flexibility index (Phi) is 4.07. The van der Waals surface area contributed by atoms with Gasteiger partial charge in [-0.2, -0.15) is 0 Å². The fourth-order valence-corrected chi connectivity index (χ4v) is 3.52. The van der Waals surface area contributed by atoms with E-state index < -0.39 is 26.1 Å². The molecule has 84 valence electrons. The van der Waals surface area contributed by atoms with E-state index in [9.17, 15) is 17.2 Å². The van der Waals surface area contributed by atoms with Crippen LogP contribution in [0.25, 0.3) is 0 Å². The molecule has 0 unspecified atom stereocenters. The van der Waals surface area contributed by atoms with Gasteiger partial charge in [-0.05, 0) is 37.9 Å². The van der Waals surface area contributed by atoms with E-state index in [1.807, 2.05) is 0 Å². The summed E-state index contributed by atoms with van der Waals surface area (Å²) in [5.74, 6) is 0. The van der Waals surface area contributed by atoms with Crippen molar-refractivity contribution in [1.29, 1.82) is 0 Å². The van der Waals surface area contributed by atoms with Crippen LogP contribution in [-0.4, -0.2) is 13.4 Å². The van der Waals surface area contributed by atoms with Gasteiger partial charge in [0.1, 0.15) is 4.60 Å². The minimum atomic E-state index is -4.16. The molecule has 9 heteroatoms. The van der Waals surface area contributed by atoms with Gasteiger partial charge in [-0.25, -0.2) is 22.2 Å². The number of rotatable bonds is 2. The van der Waals surface area contributed by atoms with Crippen molar-refractivity contribution in [3.63, 3.8) is 0 Å². The van der Waals surface area contributed by atoms with Crippen molar-refractivity contribution in [2.45, 2.75) is 11.5 Å². The van der Waals surface area contributed by atoms with Gasteiger partial charge >= 0.3 is 0 Å². The monoisotopic (exact) mass is 383 g/mol. The number of hydrogen-bond acceptors (Lipinski definition) is 3. The van der Waals surface area contributed by atoms with Gasteiger partial charge in [0.05, 0.1) is 4.47 Å². The first kappa shape index (κ1) is 13.3. The van der Waals surface area contributed by atoms with Crippen LogP contribution in [0.3, 0.4) is 0 Å². The zero-order valence-electron chi connectivity index (χ0n) is 6.72. The van der Waals surface area contributed by atoms with Gasteiger partial charge in [-0.1, -0.05) is 0 Å². The average molecular weight is 385 g/mol. The van der Waals surface area contributed by atoms with Gasteiger partial charge in [0, 0.05) is 16.2 Å². The van der Waals surface area contributed by atoms with Crippen LogP contribution in [0.5, 0.6) is 0 Å². The van der Waals surface area contributed by atoms with Gasteiger partial charge in [-0.15, -0.1) is 0 Å². The summed E-state index contributed by atoms with van der Waals surface area (Å²) in [6, 6.07) is 1.01. The van der Waals surface area contributed by atoms with E-state index in [-0.39, 0.29) is 9.08 Å². The van der Waals surface area contributed by atoms with Crippen molar-refractivity contribution in [3.05, 3.63) is 20.7 Å². The van der Waals surface area contributed by atoms with Crippen molar-refractivity contribution in [2.75, 3.05) is 0 Å². The molecule has 1 heterocycles. The molecule has 0 bridgehead atoms. The summed E-state index contributed by atoms with van der Waals surface area (Å²) in [4.78, 5) is 3.50. The van der Waals surface area contributed by atoms with Crippen LogP contribution in [0, 0.1) is 0 Å². The number of nitrogens with zero attached hydrogens (tertiary/aromatic N) is 1. The highest BCUT2D eigenvalue weighted by molar-refractivity contribution is 9.11. The maximum atomic E-state index is 12.5. The summed E-state index contributed by atoms with van der Waals surface area (Å²) in [6.45, 7) is 0. The third-order valence-electron chi connectivity index (χ3n) is 1.39. The number of pyridine rings is 1. The fourth-order valence-electron chi connectivity index (χ4n) is 0.814. The van der Waals surface area contributed by atoms with Gasteiger partial charge in [0.15, 0.2) is 5.03 Å². The summed E-state index contributed by atoms with van der Waals surface area (Å²) < 4.78 is 46.5. The molecule has 3 nitrogen and oxygen atoms in total. The van der Waals surface area contributed by atoms with Gasteiger partial charge in [0.2, 0.25) is 0 Å². The van der Waals surface area contributed by atoms with Crippen LogP contribution in [0.1, 0.15) is 12.0 Å². The van der Waals surface area contributed by atoms with E-state index in [0.29, 0.717) is 0 Å². The molecule has 0 spiro atoms. The molecule has 0 N–H and O–H groups in total. The second-order valence-electron chi connectivity index (χ2n) is 2.39. The highest BCUT2D eigenvalue weighted by Crippen LogP contribution is 2.34. The molecule has 0 aliphatic heterocycles. The van der Waals surface area contributed by atoms with Gasteiger partial charge in [-0.3, -0.25) is 0 Å². The topological polar surface area (TPSA) is 47.0 Å². The number of alkyl halides is 2. The normalized spacial score (nSPS) is 12.1. The van der Waals surface area contributed by atoms with Gasteiger partial charge < -0.3 is 0 Å². The van der Waals surface area contributed by atoms with E-state index in [4.69, 9.17) is 10.7 Å². The number of aromatic nitrogens is 1. The Morgan fingerprint density at radius 3 is 2.33 bits per heavy atom. The second-order valence-corrected chi connectivity index (χ2v) is 6.48. The first-order valence-corrected chi connectivity index (χ1v) is 7.21. The summed E-state index contributed by atoms with van der Waals surface area (Å²) in [5, 5.41) is -0.631. The molecule has 15 heavy (non-hydrogen) atoms. The smallest absolute Gasteiger partial charge is 0.227 e. The highest BCUT2D eigenvalue weighted by atomic mass is 79.9. The largest absolute Gasteiger partial charge is 0.279 e. The maximum absolute atomic E-state index is 12.5. The third kappa shape index (κ3) is 3.08. The summed E-state index contributed by atoms with van der Waals surface area (Å²) in [7, 11) is 0.865. The molecule has 0 aliphatic carbocycles. The average Bonchev–Trinajstić information content (AvgIpc) is 2.06. The maximum Gasteiger partial charge on any atom is 0.279 e. The first-order valence-electron chi connectivity index (χ1n) is 3.32. The molecule has 0 aromatic carbocycles. The lowest BCUT2D eigenvalue weighted by Gasteiger charge is -2.06. The van der Waals surface area contributed by atoms with E-state index in [1.165, 1.54) is 0 Å². The Morgan fingerprint density at radius 1 is 1.40 bits per heavy atom. The Morgan fingerprint density at radius 2 is 1.93 bits per heavy atom. The molecule has 0 saturated heterocycles. The van der Waals surface area contributed by atoms with Crippen molar-refractivity contribution in [3.8, 4) is 0 Å². The Bertz CT molecular complexity index is 494. The summed E-state index contributed by atoms with van der Waals surface area (Å²) in [5.41, 5.74) is -0.490. The first-order chi connectivity index (χ1) is 6.73. The van der Waals surface area contributed by atoms with Crippen LogP contribution in [0.15, 0.2) is 20.2 Å². The third-order valence-corrected chi connectivity index (χ3v) is 4.09. The SMILES string of the molecule is O=S(=O)(Cl)c1nc(Br)cc(C(F)F)c1Br. The van der Waals surface area contributed by atoms with Gasteiger partial charge in [0.25, 0.3) is 15.5 Å². The Balaban J connectivity index is 3.56. The highest BCUT2D eigenvalue weighted by Gasteiger charge is 2.23. The molecular weight excluding hydrogens is 383 g/mol. The van der Waals surface area contributed by atoms with E-state index in [2.05, 4.69) is 36.8 Å². The molecule has 0 radical (unpaired) electrons. The van der Waals surface area contributed by atoms with Crippen molar-refractivity contribution >= 4 is 51.6 Å². The van der Waals surface area contributed by atoms with Crippen molar-refractivity contribution in [2.24, 2.45) is 0 Å². The van der Waals surface area contributed by atoms with Crippen molar-refractivity contribution < 1.29 is 17.2 Å². The molecule has 0 amide bonds. The van der Waals surface area contributed by atoms with E-state index in [0.717, 1.165) is 6.07 Å². The summed E-state index contributed by atoms with van der Waals surface area (Å²) in [6.07, 6.45) is -2.82. The lowest BCUT2D eigenvalue weighted by molar-refractivity contribution is 0.150. The predicted molar refractivity (Wildman–Crippen MR) is 57.6 cm³/mol. The Hall–Kier alpha value is 0.210. The molecule has 0 aliphatic rings. The minimum absolute atomic E-state index is 0.0276. The molecular formula is C6H2Br2ClF2NO2S. The quantitative estimate of drug-likeness (QED) is 0.579. The van der Waals surface area contributed by atoms with Crippen LogP contribution in [0.4, 0.5) is 8.78 Å². The summed E-state index contributed by atoms with van der Waals surface area (Å²) >= 11 is 5.54. The molecule has 0 saturated carbocycles. The standard InChI is InChI=1S/C6H2Br2ClF2NO2S/c7-3-1-2(5(10)11)4(8)6(12-3)15(9,13)14/h1,5H. The lowest BCUT2D eigenvalue weighted by Crippen LogP contribution is -2.01. The second kappa shape index (κ2) is 4.60. The van der Waals surface area contributed by atoms with Crippen LogP contribution >= 0.6 is 42.5 Å². The van der Waals surface area contributed by atoms with Crippen LogP contribution < -0.4 is 0 Å². The minimum Gasteiger partial charge on any atom is -0.227 e.